The Balaban J connectivity index is 0.00000420. The van der Waals surface area contributed by atoms with Crippen LogP contribution in [0.15, 0.2) is 78.2 Å². The molecule has 1 amide bonds. The van der Waals surface area contributed by atoms with Crippen LogP contribution in [0, 0.1) is 5.92 Å². The number of ether oxygens (including phenoxy) is 2. The molecule has 0 aliphatic rings. The van der Waals surface area contributed by atoms with E-state index in [0.717, 1.165) is 22.2 Å². The standard InChI is InChI=1S/C29H28N2O6S.Na.H/c1-17(2)29(33)31-38(34,35)21-12-10-19(11-13-21)28(32)18(3)22-15-23(27(37-5)16-26(22)36-4)25-14-20-8-6-7-9-24(20)30-25;;/h6-17,30H,3H2,1-2,4-5H3,(H,31,33);;. The number of aromatic nitrogens is 1. The molecule has 10 heteroatoms. The van der Waals surface area contributed by atoms with Crippen LogP contribution in [0.4, 0.5) is 0 Å². The average Bonchev–Trinajstić information content (AvgIpc) is 3.35. The van der Waals surface area contributed by atoms with Gasteiger partial charge in [-0.2, -0.15) is 0 Å². The Morgan fingerprint density at radius 1 is 0.923 bits per heavy atom. The van der Waals surface area contributed by atoms with Crippen molar-refractivity contribution in [2.75, 3.05) is 14.2 Å². The number of carbonyl (C=O) groups excluding carboxylic acids is 2. The second kappa shape index (κ2) is 12.2. The Kier molecular flexibility index (Phi) is 9.45. The minimum absolute atomic E-state index is 0. The molecule has 1 aromatic heterocycles. The van der Waals surface area contributed by atoms with Gasteiger partial charge in [-0.1, -0.05) is 38.6 Å². The van der Waals surface area contributed by atoms with E-state index in [1.807, 2.05) is 35.1 Å². The van der Waals surface area contributed by atoms with Crippen molar-refractivity contribution in [3.8, 4) is 22.8 Å². The van der Waals surface area contributed by atoms with Crippen LogP contribution in [0.25, 0.3) is 27.7 Å². The molecular formula is C29H29N2NaO6S. The van der Waals surface area contributed by atoms with Crippen LogP contribution in [0.3, 0.4) is 0 Å². The first-order valence-electron chi connectivity index (χ1n) is 11.8. The van der Waals surface area contributed by atoms with E-state index in [9.17, 15) is 18.0 Å². The summed E-state index contributed by atoms with van der Waals surface area (Å²) in [5, 5.41) is 1.02. The average molecular weight is 557 g/mol. The molecule has 0 fully saturated rings. The first kappa shape index (κ1) is 30.2. The number of allylic oxidation sites excluding steroid dienone is 1. The summed E-state index contributed by atoms with van der Waals surface area (Å²) >= 11 is 0. The third-order valence-corrected chi connectivity index (χ3v) is 7.49. The van der Waals surface area contributed by atoms with Crippen molar-refractivity contribution in [3.05, 3.63) is 84.4 Å². The molecule has 0 aliphatic carbocycles. The van der Waals surface area contributed by atoms with Gasteiger partial charge in [0.15, 0.2) is 5.78 Å². The van der Waals surface area contributed by atoms with E-state index in [0.29, 0.717) is 17.1 Å². The zero-order chi connectivity index (χ0) is 27.6. The van der Waals surface area contributed by atoms with E-state index in [4.69, 9.17) is 9.47 Å². The predicted octanol–water partition coefficient (Wildman–Crippen LogP) is 4.56. The third kappa shape index (κ3) is 6.28. The van der Waals surface area contributed by atoms with Crippen LogP contribution < -0.4 is 14.2 Å². The number of benzene rings is 3. The van der Waals surface area contributed by atoms with Gasteiger partial charge in [0.2, 0.25) is 5.91 Å². The van der Waals surface area contributed by atoms with Gasteiger partial charge in [-0.15, -0.1) is 0 Å². The quantitative estimate of drug-likeness (QED) is 0.178. The van der Waals surface area contributed by atoms with Crippen LogP contribution in [0.5, 0.6) is 11.5 Å². The molecule has 0 aliphatic heterocycles. The molecule has 0 unspecified atom stereocenters. The summed E-state index contributed by atoms with van der Waals surface area (Å²) in [4.78, 5) is 28.5. The van der Waals surface area contributed by atoms with E-state index >= 15 is 0 Å². The van der Waals surface area contributed by atoms with Gasteiger partial charge in [-0.3, -0.25) is 9.59 Å². The van der Waals surface area contributed by atoms with Crippen LogP contribution in [0.1, 0.15) is 29.8 Å². The number of hydrogen-bond acceptors (Lipinski definition) is 6. The molecule has 2 N–H and O–H groups in total. The van der Waals surface area contributed by atoms with Crippen LogP contribution >= 0.6 is 0 Å². The molecule has 4 aromatic rings. The second-order valence-electron chi connectivity index (χ2n) is 8.98. The number of para-hydroxylation sites is 1. The van der Waals surface area contributed by atoms with Gasteiger partial charge in [0.05, 0.1) is 24.8 Å². The van der Waals surface area contributed by atoms with E-state index < -0.39 is 27.6 Å². The van der Waals surface area contributed by atoms with Crippen molar-refractivity contribution >= 4 is 67.7 Å². The SMILES string of the molecule is C=C(C(=O)c1ccc(S(=O)(=O)NC(=O)C(C)C)cc1)c1cc(-c2cc3ccccc3[nH]2)c(OC)cc1OC.[NaH]. The first-order valence-corrected chi connectivity index (χ1v) is 13.3. The van der Waals surface area contributed by atoms with Crippen molar-refractivity contribution in [1.82, 2.24) is 9.71 Å². The van der Waals surface area contributed by atoms with E-state index in [1.165, 1.54) is 31.4 Å². The molecule has 198 valence electrons. The summed E-state index contributed by atoms with van der Waals surface area (Å²) in [5.41, 5.74) is 3.32. The number of hydrogen-bond donors (Lipinski definition) is 2. The van der Waals surface area contributed by atoms with Gasteiger partial charge in [0, 0.05) is 45.2 Å². The summed E-state index contributed by atoms with van der Waals surface area (Å²) in [5.74, 6) is -0.573. The Morgan fingerprint density at radius 3 is 2.15 bits per heavy atom. The number of nitrogens with one attached hydrogen (secondary N) is 2. The number of rotatable bonds is 9. The van der Waals surface area contributed by atoms with Crippen molar-refractivity contribution in [2.24, 2.45) is 5.92 Å². The summed E-state index contributed by atoms with van der Waals surface area (Å²) in [7, 11) is -1.01. The van der Waals surface area contributed by atoms with Gasteiger partial charge in [-0.25, -0.2) is 13.1 Å². The number of amides is 1. The van der Waals surface area contributed by atoms with Gasteiger partial charge in [0.1, 0.15) is 11.5 Å². The second-order valence-corrected chi connectivity index (χ2v) is 10.7. The summed E-state index contributed by atoms with van der Waals surface area (Å²) < 4.78 is 38.2. The maximum atomic E-state index is 13.4. The fraction of sp³-hybridized carbons (Fsp3) is 0.172. The molecule has 0 saturated carbocycles. The Morgan fingerprint density at radius 2 is 1.56 bits per heavy atom. The normalized spacial score (nSPS) is 11.1. The Labute approximate surface area is 249 Å². The number of methoxy groups -OCH3 is 2. The zero-order valence-corrected chi connectivity index (χ0v) is 22.3. The van der Waals surface area contributed by atoms with Gasteiger partial charge in [-0.05, 0) is 42.5 Å². The predicted molar refractivity (Wildman–Crippen MR) is 154 cm³/mol. The molecule has 0 bridgehead atoms. The number of fused-ring (bicyclic) bond motifs is 1. The topological polar surface area (TPSA) is 115 Å². The molecule has 1 heterocycles. The number of sulfonamides is 1. The van der Waals surface area contributed by atoms with Crippen molar-refractivity contribution in [1.29, 1.82) is 0 Å². The molecule has 0 atom stereocenters. The van der Waals surface area contributed by atoms with Crippen molar-refractivity contribution < 1.29 is 27.5 Å². The van der Waals surface area contributed by atoms with Gasteiger partial charge in [0.25, 0.3) is 10.0 Å². The fourth-order valence-electron chi connectivity index (χ4n) is 3.95. The Bertz CT molecular complexity index is 1620. The van der Waals surface area contributed by atoms with Gasteiger partial charge < -0.3 is 14.5 Å². The number of Topliss-reactive ketones (excluding diaryl/α,β-unsaturated/α-hetero) is 1. The van der Waals surface area contributed by atoms with E-state index in [2.05, 4.69) is 11.6 Å². The molecule has 4 rings (SSSR count). The number of H-pyrrole nitrogens is 1. The number of ketones is 1. The maximum absolute atomic E-state index is 13.4. The van der Waals surface area contributed by atoms with Crippen molar-refractivity contribution in [3.63, 3.8) is 0 Å². The summed E-state index contributed by atoms with van der Waals surface area (Å²) in [6.45, 7) is 7.20. The number of carbonyl (C=O) groups is 2. The third-order valence-electron chi connectivity index (χ3n) is 6.13. The van der Waals surface area contributed by atoms with E-state index in [-0.39, 0.29) is 45.6 Å². The first-order chi connectivity index (χ1) is 18.1. The summed E-state index contributed by atoms with van der Waals surface area (Å²) in [6.07, 6.45) is 0. The van der Waals surface area contributed by atoms with Crippen LogP contribution in [-0.2, 0) is 14.8 Å². The minimum atomic E-state index is -4.06. The molecule has 39 heavy (non-hydrogen) atoms. The molecule has 0 spiro atoms. The Hall–Kier alpha value is -3.37. The van der Waals surface area contributed by atoms with Crippen LogP contribution in [-0.4, -0.2) is 68.9 Å². The molecule has 0 saturated heterocycles. The van der Waals surface area contributed by atoms with Crippen LogP contribution in [0.2, 0.25) is 0 Å². The van der Waals surface area contributed by atoms with Gasteiger partial charge >= 0.3 is 29.6 Å². The zero-order valence-electron chi connectivity index (χ0n) is 21.5. The molecule has 3 aromatic carbocycles. The molecule has 0 radical (unpaired) electrons. The van der Waals surface area contributed by atoms with E-state index in [1.54, 1.807) is 33.1 Å². The monoisotopic (exact) mass is 556 g/mol. The molecule has 8 nitrogen and oxygen atoms in total. The fourth-order valence-corrected chi connectivity index (χ4v) is 5.07. The summed E-state index contributed by atoms with van der Waals surface area (Å²) in [6, 6.07) is 18.6. The molecular weight excluding hydrogens is 527 g/mol. The van der Waals surface area contributed by atoms with Crippen molar-refractivity contribution in [2.45, 2.75) is 18.7 Å². The number of aromatic amines is 1.